The molecule has 3 heteroatoms. The van der Waals surface area contributed by atoms with Gasteiger partial charge in [-0.05, 0) is 30.0 Å². The van der Waals surface area contributed by atoms with E-state index in [1.807, 2.05) is 18.4 Å². The summed E-state index contributed by atoms with van der Waals surface area (Å²) in [5.41, 5.74) is 7.84. The van der Waals surface area contributed by atoms with Crippen molar-refractivity contribution in [2.45, 2.75) is 11.8 Å². The van der Waals surface area contributed by atoms with Crippen LogP contribution in [0, 0.1) is 6.92 Å². The maximum atomic E-state index is 5.85. The Labute approximate surface area is 80.6 Å². The zero-order valence-corrected chi connectivity index (χ0v) is 8.38. The molecule has 1 nitrogen and oxygen atoms in total. The zero-order chi connectivity index (χ0) is 8.72. The van der Waals surface area contributed by atoms with Gasteiger partial charge in [-0.1, -0.05) is 0 Å². The van der Waals surface area contributed by atoms with E-state index in [1.54, 1.807) is 11.3 Å². The summed E-state index contributed by atoms with van der Waals surface area (Å²) in [6.07, 6.45) is 0. The molecular formula is C9H9NS2. The first kappa shape index (κ1) is 7.95. The van der Waals surface area contributed by atoms with Crippen LogP contribution in [0.2, 0.25) is 0 Å². The molecule has 62 valence electrons. The van der Waals surface area contributed by atoms with Crippen LogP contribution in [0.5, 0.6) is 0 Å². The number of thiophene rings is 1. The second-order valence-electron chi connectivity index (χ2n) is 2.79. The Morgan fingerprint density at radius 1 is 1.50 bits per heavy atom. The standard InChI is InChI=1S/C9H9NS2/c1-5-4-7(10)9-6(8(5)11)2-3-12-9/h2-4,11H,10H2,1H3. The number of hydrogen-bond acceptors (Lipinski definition) is 3. The third kappa shape index (κ3) is 1.01. The van der Waals surface area contributed by atoms with Crippen LogP contribution in [0.25, 0.3) is 10.1 Å². The lowest BCUT2D eigenvalue weighted by molar-refractivity contribution is 1.37. The molecule has 0 saturated heterocycles. The van der Waals surface area contributed by atoms with Gasteiger partial charge in [0.15, 0.2) is 0 Å². The molecule has 2 rings (SSSR count). The number of aryl methyl sites for hydroxylation is 1. The van der Waals surface area contributed by atoms with E-state index in [1.165, 1.54) is 5.39 Å². The van der Waals surface area contributed by atoms with Crippen LogP contribution in [-0.4, -0.2) is 0 Å². The van der Waals surface area contributed by atoms with Gasteiger partial charge in [-0.2, -0.15) is 0 Å². The number of thiol groups is 1. The van der Waals surface area contributed by atoms with Crippen molar-refractivity contribution in [1.29, 1.82) is 0 Å². The van der Waals surface area contributed by atoms with Crippen molar-refractivity contribution >= 4 is 39.7 Å². The van der Waals surface area contributed by atoms with Crippen molar-refractivity contribution in [2.24, 2.45) is 0 Å². The van der Waals surface area contributed by atoms with Crippen molar-refractivity contribution in [2.75, 3.05) is 5.73 Å². The van der Waals surface area contributed by atoms with Gasteiger partial charge in [-0.15, -0.1) is 24.0 Å². The quantitative estimate of drug-likeness (QED) is 0.490. The molecule has 0 aliphatic carbocycles. The van der Waals surface area contributed by atoms with E-state index in [4.69, 9.17) is 5.73 Å². The van der Waals surface area contributed by atoms with Crippen LogP contribution in [0.4, 0.5) is 5.69 Å². The summed E-state index contributed by atoms with van der Waals surface area (Å²) in [4.78, 5) is 1.04. The normalized spacial score (nSPS) is 10.8. The molecule has 0 atom stereocenters. The maximum Gasteiger partial charge on any atom is 0.0583 e. The molecule has 2 aromatic rings. The highest BCUT2D eigenvalue weighted by atomic mass is 32.1. The minimum Gasteiger partial charge on any atom is -0.398 e. The van der Waals surface area contributed by atoms with E-state index in [0.29, 0.717) is 0 Å². The lowest BCUT2D eigenvalue weighted by Crippen LogP contribution is -1.87. The highest BCUT2D eigenvalue weighted by molar-refractivity contribution is 7.80. The highest BCUT2D eigenvalue weighted by Crippen LogP contribution is 2.33. The van der Waals surface area contributed by atoms with Gasteiger partial charge in [0.2, 0.25) is 0 Å². The van der Waals surface area contributed by atoms with Crippen LogP contribution >= 0.6 is 24.0 Å². The molecule has 0 unspecified atom stereocenters. The summed E-state index contributed by atoms with van der Waals surface area (Å²) in [5, 5.41) is 3.21. The minimum atomic E-state index is 0.857. The summed E-state index contributed by atoms with van der Waals surface area (Å²) >= 11 is 6.09. The fraction of sp³-hybridized carbons (Fsp3) is 0.111. The van der Waals surface area contributed by atoms with E-state index in [-0.39, 0.29) is 0 Å². The summed E-state index contributed by atoms with van der Waals surface area (Å²) in [6.45, 7) is 2.02. The molecule has 2 N–H and O–H groups in total. The first-order valence-electron chi connectivity index (χ1n) is 3.65. The first-order valence-corrected chi connectivity index (χ1v) is 4.98. The molecule has 1 aromatic carbocycles. The summed E-state index contributed by atoms with van der Waals surface area (Å²) < 4.78 is 1.14. The topological polar surface area (TPSA) is 26.0 Å². The third-order valence-electron chi connectivity index (χ3n) is 1.93. The minimum absolute atomic E-state index is 0.857. The van der Waals surface area contributed by atoms with Crippen LogP contribution < -0.4 is 5.73 Å². The largest absolute Gasteiger partial charge is 0.398 e. The predicted molar refractivity (Wildman–Crippen MR) is 58.2 cm³/mol. The van der Waals surface area contributed by atoms with Gasteiger partial charge in [0.25, 0.3) is 0 Å². The molecular weight excluding hydrogens is 186 g/mol. The summed E-state index contributed by atoms with van der Waals surface area (Å²) in [7, 11) is 0. The molecule has 0 aliphatic heterocycles. The number of hydrogen-bond donors (Lipinski definition) is 2. The van der Waals surface area contributed by atoms with E-state index in [0.717, 1.165) is 20.8 Å². The number of anilines is 1. The molecule has 0 spiro atoms. The van der Waals surface area contributed by atoms with Gasteiger partial charge >= 0.3 is 0 Å². The molecule has 1 aromatic heterocycles. The van der Waals surface area contributed by atoms with E-state index < -0.39 is 0 Å². The summed E-state index contributed by atoms with van der Waals surface area (Å²) in [6, 6.07) is 4.03. The number of rotatable bonds is 0. The van der Waals surface area contributed by atoms with Crippen molar-refractivity contribution < 1.29 is 0 Å². The number of fused-ring (bicyclic) bond motifs is 1. The Kier molecular flexibility index (Phi) is 1.77. The van der Waals surface area contributed by atoms with E-state index in [2.05, 4.69) is 18.7 Å². The van der Waals surface area contributed by atoms with Gasteiger partial charge in [0.05, 0.1) is 4.70 Å². The molecule has 0 amide bonds. The van der Waals surface area contributed by atoms with Crippen molar-refractivity contribution in [3.05, 3.63) is 23.1 Å². The van der Waals surface area contributed by atoms with Gasteiger partial charge in [-0.25, -0.2) is 0 Å². The van der Waals surface area contributed by atoms with Crippen molar-refractivity contribution in [1.82, 2.24) is 0 Å². The van der Waals surface area contributed by atoms with Crippen LogP contribution in [0.1, 0.15) is 5.56 Å². The second kappa shape index (κ2) is 2.68. The maximum absolute atomic E-state index is 5.85. The lowest BCUT2D eigenvalue weighted by Gasteiger charge is -2.02. The molecule has 12 heavy (non-hydrogen) atoms. The number of nitrogens with two attached hydrogens (primary N) is 1. The van der Waals surface area contributed by atoms with Crippen LogP contribution in [0.3, 0.4) is 0 Å². The Bertz CT molecular complexity index is 431. The number of benzene rings is 1. The Morgan fingerprint density at radius 2 is 2.25 bits per heavy atom. The first-order chi connectivity index (χ1) is 5.70. The molecule has 0 bridgehead atoms. The van der Waals surface area contributed by atoms with Gasteiger partial charge in [-0.3, -0.25) is 0 Å². The van der Waals surface area contributed by atoms with Gasteiger partial charge in [0.1, 0.15) is 0 Å². The molecule has 0 radical (unpaired) electrons. The molecule has 1 heterocycles. The smallest absolute Gasteiger partial charge is 0.0583 e. The Morgan fingerprint density at radius 3 is 3.00 bits per heavy atom. The average Bonchev–Trinajstić information content (AvgIpc) is 2.48. The highest BCUT2D eigenvalue weighted by Gasteiger charge is 2.05. The molecule has 0 saturated carbocycles. The van der Waals surface area contributed by atoms with Crippen LogP contribution in [0.15, 0.2) is 22.4 Å². The van der Waals surface area contributed by atoms with Gasteiger partial charge < -0.3 is 5.73 Å². The van der Waals surface area contributed by atoms with Crippen molar-refractivity contribution in [3.63, 3.8) is 0 Å². The van der Waals surface area contributed by atoms with E-state index >= 15 is 0 Å². The van der Waals surface area contributed by atoms with Gasteiger partial charge in [0, 0.05) is 16.0 Å². The third-order valence-corrected chi connectivity index (χ3v) is 3.49. The average molecular weight is 195 g/mol. The Hall–Kier alpha value is -0.670. The molecule has 0 fully saturated rings. The SMILES string of the molecule is Cc1cc(N)c2sccc2c1S. The Balaban J connectivity index is 2.97. The second-order valence-corrected chi connectivity index (χ2v) is 4.16. The lowest BCUT2D eigenvalue weighted by atomic mass is 10.1. The van der Waals surface area contributed by atoms with Crippen LogP contribution in [-0.2, 0) is 0 Å². The number of nitrogen functional groups attached to an aromatic ring is 1. The van der Waals surface area contributed by atoms with Crippen molar-refractivity contribution in [3.8, 4) is 0 Å². The summed E-state index contributed by atoms with van der Waals surface area (Å²) in [5.74, 6) is 0. The predicted octanol–water partition coefficient (Wildman–Crippen LogP) is 3.08. The monoisotopic (exact) mass is 195 g/mol. The fourth-order valence-corrected chi connectivity index (χ4v) is 2.46. The molecule has 0 aliphatic rings. The van der Waals surface area contributed by atoms with E-state index in [9.17, 15) is 0 Å². The fourth-order valence-electron chi connectivity index (χ4n) is 1.30. The zero-order valence-electron chi connectivity index (χ0n) is 6.66.